The molecule has 0 amide bonds. The monoisotopic (exact) mass is 260 g/mol. The van der Waals surface area contributed by atoms with Crippen molar-refractivity contribution in [1.82, 2.24) is 4.57 Å². The molecule has 0 fully saturated rings. The Bertz CT molecular complexity index is 773. The highest BCUT2D eigenvalue weighted by Gasteiger charge is 2.03. The number of fused-ring (bicyclic) bond motifs is 1. The highest BCUT2D eigenvalue weighted by molar-refractivity contribution is 5.81. The fourth-order valence-corrected chi connectivity index (χ4v) is 2.47. The van der Waals surface area contributed by atoms with E-state index in [2.05, 4.69) is 54.1 Å². The fraction of sp³-hybridized carbons (Fsp3) is 0.167. The van der Waals surface area contributed by atoms with Crippen LogP contribution < -0.4 is 0 Å². The molecule has 0 spiro atoms. The molecule has 0 unspecified atom stereocenters. The van der Waals surface area contributed by atoms with Gasteiger partial charge in [-0.25, -0.2) is 0 Å². The van der Waals surface area contributed by atoms with Crippen molar-refractivity contribution < 1.29 is 0 Å². The SMILES string of the molecule is CCc1ccc(Cn2ccc3ccc(C#N)cc32)cc1. The van der Waals surface area contributed by atoms with Gasteiger partial charge in [0.25, 0.3) is 0 Å². The van der Waals surface area contributed by atoms with Crippen LogP contribution in [-0.2, 0) is 13.0 Å². The Morgan fingerprint density at radius 3 is 2.45 bits per heavy atom. The van der Waals surface area contributed by atoms with E-state index in [9.17, 15) is 0 Å². The zero-order chi connectivity index (χ0) is 13.9. The predicted molar refractivity (Wildman–Crippen MR) is 81.6 cm³/mol. The van der Waals surface area contributed by atoms with Crippen molar-refractivity contribution >= 4 is 10.9 Å². The van der Waals surface area contributed by atoms with E-state index < -0.39 is 0 Å². The molecule has 3 aromatic rings. The number of benzene rings is 2. The van der Waals surface area contributed by atoms with Gasteiger partial charge < -0.3 is 4.57 Å². The summed E-state index contributed by atoms with van der Waals surface area (Å²) in [6.07, 6.45) is 3.15. The Kier molecular flexibility index (Phi) is 3.26. The first-order chi connectivity index (χ1) is 9.80. The molecular weight excluding hydrogens is 244 g/mol. The van der Waals surface area contributed by atoms with Gasteiger partial charge in [-0.1, -0.05) is 37.3 Å². The lowest BCUT2D eigenvalue weighted by Crippen LogP contribution is -1.98. The molecule has 0 bridgehead atoms. The van der Waals surface area contributed by atoms with Crippen LogP contribution >= 0.6 is 0 Å². The summed E-state index contributed by atoms with van der Waals surface area (Å²) in [7, 11) is 0. The minimum atomic E-state index is 0.707. The van der Waals surface area contributed by atoms with Gasteiger partial charge in [0, 0.05) is 18.3 Å². The molecule has 0 N–H and O–H groups in total. The Labute approximate surface area is 118 Å². The second-order valence-electron chi connectivity index (χ2n) is 5.00. The normalized spacial score (nSPS) is 10.6. The third kappa shape index (κ3) is 2.31. The van der Waals surface area contributed by atoms with E-state index in [4.69, 9.17) is 5.26 Å². The van der Waals surface area contributed by atoms with Crippen LogP contribution in [0.4, 0.5) is 0 Å². The van der Waals surface area contributed by atoms with Crippen LogP contribution in [0, 0.1) is 11.3 Å². The van der Waals surface area contributed by atoms with E-state index in [1.807, 2.05) is 18.2 Å². The van der Waals surface area contributed by atoms with Gasteiger partial charge in [0.15, 0.2) is 0 Å². The molecule has 0 saturated heterocycles. The van der Waals surface area contributed by atoms with Crippen LogP contribution in [0.5, 0.6) is 0 Å². The molecule has 3 rings (SSSR count). The topological polar surface area (TPSA) is 28.7 Å². The molecule has 1 heterocycles. The molecule has 0 atom stereocenters. The molecule has 0 aliphatic carbocycles. The Morgan fingerprint density at radius 2 is 1.75 bits per heavy atom. The van der Waals surface area contributed by atoms with Gasteiger partial charge in [-0.2, -0.15) is 5.26 Å². The summed E-state index contributed by atoms with van der Waals surface area (Å²) in [4.78, 5) is 0. The van der Waals surface area contributed by atoms with Gasteiger partial charge in [0.1, 0.15) is 0 Å². The van der Waals surface area contributed by atoms with E-state index in [1.54, 1.807) is 0 Å². The predicted octanol–water partition coefficient (Wildman–Crippen LogP) is 4.12. The lowest BCUT2D eigenvalue weighted by molar-refractivity contribution is 0.836. The van der Waals surface area contributed by atoms with Crippen LogP contribution in [0.25, 0.3) is 10.9 Å². The molecule has 0 aliphatic rings. The molecule has 0 aliphatic heterocycles. The first-order valence-corrected chi connectivity index (χ1v) is 6.87. The number of nitrogens with zero attached hydrogens (tertiary/aromatic N) is 2. The number of nitriles is 1. The van der Waals surface area contributed by atoms with Gasteiger partial charge in [-0.3, -0.25) is 0 Å². The van der Waals surface area contributed by atoms with Crippen molar-refractivity contribution in [2.24, 2.45) is 0 Å². The number of aromatic nitrogens is 1. The van der Waals surface area contributed by atoms with E-state index in [-0.39, 0.29) is 0 Å². The molecule has 0 saturated carbocycles. The van der Waals surface area contributed by atoms with Crippen molar-refractivity contribution in [2.45, 2.75) is 19.9 Å². The third-order valence-electron chi connectivity index (χ3n) is 3.69. The first-order valence-electron chi connectivity index (χ1n) is 6.87. The first kappa shape index (κ1) is 12.5. The van der Waals surface area contributed by atoms with Crippen LogP contribution in [0.3, 0.4) is 0 Å². The highest BCUT2D eigenvalue weighted by Crippen LogP contribution is 2.19. The maximum Gasteiger partial charge on any atom is 0.0992 e. The largest absolute Gasteiger partial charge is 0.343 e. The Balaban J connectivity index is 1.95. The molecule has 20 heavy (non-hydrogen) atoms. The minimum absolute atomic E-state index is 0.707. The average Bonchev–Trinajstić information content (AvgIpc) is 2.90. The molecule has 0 radical (unpaired) electrons. The van der Waals surface area contributed by atoms with Gasteiger partial charge in [-0.15, -0.1) is 0 Å². The van der Waals surface area contributed by atoms with Crippen molar-refractivity contribution in [3.05, 3.63) is 71.4 Å². The summed E-state index contributed by atoms with van der Waals surface area (Å²) < 4.78 is 2.19. The lowest BCUT2D eigenvalue weighted by Gasteiger charge is -2.07. The minimum Gasteiger partial charge on any atom is -0.343 e. The van der Waals surface area contributed by atoms with E-state index in [0.29, 0.717) is 5.56 Å². The summed E-state index contributed by atoms with van der Waals surface area (Å²) >= 11 is 0. The molecular formula is C18H16N2. The quantitative estimate of drug-likeness (QED) is 0.696. The molecule has 2 nitrogen and oxygen atoms in total. The second kappa shape index (κ2) is 5.22. The number of rotatable bonds is 3. The zero-order valence-electron chi connectivity index (χ0n) is 11.5. The van der Waals surface area contributed by atoms with Crippen molar-refractivity contribution in [3.8, 4) is 6.07 Å². The maximum absolute atomic E-state index is 9.01. The van der Waals surface area contributed by atoms with Gasteiger partial charge in [0.2, 0.25) is 0 Å². The van der Waals surface area contributed by atoms with Gasteiger partial charge in [-0.05, 0) is 41.1 Å². The zero-order valence-corrected chi connectivity index (χ0v) is 11.5. The van der Waals surface area contributed by atoms with Crippen molar-refractivity contribution in [1.29, 1.82) is 5.26 Å². The number of hydrogen-bond acceptors (Lipinski definition) is 1. The van der Waals surface area contributed by atoms with Crippen LogP contribution in [-0.4, -0.2) is 4.57 Å². The van der Waals surface area contributed by atoms with E-state index >= 15 is 0 Å². The lowest BCUT2D eigenvalue weighted by atomic mass is 10.1. The van der Waals surface area contributed by atoms with E-state index in [1.165, 1.54) is 16.5 Å². The average molecular weight is 260 g/mol. The van der Waals surface area contributed by atoms with Crippen LogP contribution in [0.1, 0.15) is 23.6 Å². The summed E-state index contributed by atoms with van der Waals surface area (Å²) in [5, 5.41) is 10.2. The third-order valence-corrected chi connectivity index (χ3v) is 3.69. The molecule has 2 heteroatoms. The van der Waals surface area contributed by atoms with Crippen LogP contribution in [0.15, 0.2) is 54.7 Å². The molecule has 1 aromatic heterocycles. The van der Waals surface area contributed by atoms with Gasteiger partial charge >= 0.3 is 0 Å². The van der Waals surface area contributed by atoms with Crippen molar-refractivity contribution in [2.75, 3.05) is 0 Å². The summed E-state index contributed by atoms with van der Waals surface area (Å²) in [5.74, 6) is 0. The Morgan fingerprint density at radius 1 is 1.00 bits per heavy atom. The Hall–Kier alpha value is -2.53. The number of aryl methyl sites for hydroxylation is 1. The maximum atomic E-state index is 9.01. The summed E-state index contributed by atoms with van der Waals surface area (Å²) in [6.45, 7) is 3.00. The standard InChI is InChI=1S/C18H16N2/c1-2-14-3-5-15(6-4-14)13-20-10-9-17-8-7-16(12-19)11-18(17)20/h3-11H,2,13H2,1H3. The highest BCUT2D eigenvalue weighted by atomic mass is 14.9. The fourth-order valence-electron chi connectivity index (χ4n) is 2.47. The molecule has 98 valence electrons. The summed E-state index contributed by atoms with van der Waals surface area (Å²) in [6, 6.07) is 18.8. The van der Waals surface area contributed by atoms with Gasteiger partial charge in [0.05, 0.1) is 11.6 Å². The van der Waals surface area contributed by atoms with E-state index in [0.717, 1.165) is 18.5 Å². The van der Waals surface area contributed by atoms with Crippen LogP contribution in [0.2, 0.25) is 0 Å². The smallest absolute Gasteiger partial charge is 0.0992 e. The molecule has 2 aromatic carbocycles. The van der Waals surface area contributed by atoms with Crippen molar-refractivity contribution in [3.63, 3.8) is 0 Å². The summed E-state index contributed by atoms with van der Waals surface area (Å²) in [5.41, 5.74) is 4.46. The number of hydrogen-bond donors (Lipinski definition) is 0. The second-order valence-corrected chi connectivity index (χ2v) is 5.00.